The minimum absolute atomic E-state index is 0.319. The van der Waals surface area contributed by atoms with Crippen LogP contribution in [-0.4, -0.2) is 21.5 Å². The molecule has 0 bridgehead atoms. The number of hydrogen-bond donors (Lipinski definition) is 4. The standard InChI is InChI=1S/C13H19NO.C3H8O.H4NO2P/c1-9(2)12-11(6-5-7-14)8-15-13(12)10(3)4;1-2-3-4;1-4(2)3/h8-10H,5-6H2,1-4H3;4H,2-3H2,1H3;2-3H,1H2. The van der Waals surface area contributed by atoms with Gasteiger partial charge in [0.1, 0.15) is 5.76 Å². The van der Waals surface area contributed by atoms with E-state index in [0.717, 1.165) is 18.6 Å². The van der Waals surface area contributed by atoms with Crippen LogP contribution < -0.4 is 5.50 Å². The molecular weight excluding hydrogens is 315 g/mol. The lowest BCUT2D eigenvalue weighted by molar-refractivity contribution is 0.295. The number of nitrogens with two attached hydrogens (primary N) is 1. The highest BCUT2D eigenvalue weighted by molar-refractivity contribution is 7.42. The normalized spacial score (nSPS) is 10.0. The number of aliphatic hydroxyl groups excluding tert-OH is 1. The topological polar surface area (TPSA) is 124 Å². The zero-order chi connectivity index (χ0) is 18.4. The highest BCUT2D eigenvalue weighted by atomic mass is 31.2. The Hall–Kier alpha value is -0.960. The van der Waals surface area contributed by atoms with Gasteiger partial charge in [0.15, 0.2) is 0 Å². The molecule has 7 heteroatoms. The summed E-state index contributed by atoms with van der Waals surface area (Å²) in [6, 6.07) is 2.18. The first kappa shape index (κ1) is 24.3. The van der Waals surface area contributed by atoms with Crippen molar-refractivity contribution in [2.75, 3.05) is 6.61 Å². The molecule has 0 radical (unpaired) electrons. The molecule has 0 aliphatic carbocycles. The van der Waals surface area contributed by atoms with Gasteiger partial charge in [-0.25, -0.2) is 0 Å². The van der Waals surface area contributed by atoms with Crippen molar-refractivity contribution in [1.29, 1.82) is 5.26 Å². The predicted molar refractivity (Wildman–Crippen MR) is 93.7 cm³/mol. The molecule has 1 aromatic rings. The van der Waals surface area contributed by atoms with E-state index in [1.54, 1.807) is 0 Å². The first-order valence-electron chi connectivity index (χ1n) is 7.73. The minimum atomic E-state index is -2.12. The summed E-state index contributed by atoms with van der Waals surface area (Å²) >= 11 is 0. The van der Waals surface area contributed by atoms with Crippen LogP contribution in [0.25, 0.3) is 0 Å². The summed E-state index contributed by atoms with van der Waals surface area (Å²) in [5, 5.41) is 16.5. The van der Waals surface area contributed by atoms with Crippen molar-refractivity contribution in [3.63, 3.8) is 0 Å². The fourth-order valence-electron chi connectivity index (χ4n) is 1.91. The second-order valence-corrected chi connectivity index (χ2v) is 6.19. The van der Waals surface area contributed by atoms with E-state index >= 15 is 0 Å². The fraction of sp³-hybridized carbons (Fsp3) is 0.688. The monoisotopic (exact) mass is 346 g/mol. The Kier molecular flexibility index (Phi) is 15.4. The predicted octanol–water partition coefficient (Wildman–Crippen LogP) is 3.53. The van der Waals surface area contributed by atoms with Gasteiger partial charge in [-0.15, -0.1) is 0 Å². The molecule has 0 aromatic carbocycles. The van der Waals surface area contributed by atoms with E-state index in [9.17, 15) is 0 Å². The molecular formula is C16H31N2O4P. The fourth-order valence-corrected chi connectivity index (χ4v) is 1.91. The quantitative estimate of drug-likeness (QED) is 0.605. The zero-order valence-electron chi connectivity index (χ0n) is 14.8. The van der Waals surface area contributed by atoms with E-state index < -0.39 is 8.53 Å². The molecule has 23 heavy (non-hydrogen) atoms. The highest BCUT2D eigenvalue weighted by Crippen LogP contribution is 2.31. The molecule has 134 valence electrons. The Morgan fingerprint density at radius 3 is 2.04 bits per heavy atom. The van der Waals surface area contributed by atoms with Gasteiger partial charge in [0.2, 0.25) is 8.53 Å². The minimum Gasteiger partial charge on any atom is -0.468 e. The van der Waals surface area contributed by atoms with Gasteiger partial charge in [0, 0.05) is 18.9 Å². The lowest BCUT2D eigenvalue weighted by Gasteiger charge is -2.10. The van der Waals surface area contributed by atoms with Crippen molar-refractivity contribution >= 4 is 8.53 Å². The van der Waals surface area contributed by atoms with E-state index in [1.807, 2.05) is 13.2 Å². The maximum Gasteiger partial charge on any atom is 0.247 e. The Morgan fingerprint density at radius 2 is 1.74 bits per heavy atom. The van der Waals surface area contributed by atoms with E-state index in [2.05, 4.69) is 39.3 Å². The molecule has 1 rings (SSSR count). The van der Waals surface area contributed by atoms with Gasteiger partial charge in [0.05, 0.1) is 12.3 Å². The summed E-state index contributed by atoms with van der Waals surface area (Å²) in [7, 11) is -2.12. The molecule has 0 atom stereocenters. The first-order valence-corrected chi connectivity index (χ1v) is 9.04. The van der Waals surface area contributed by atoms with Gasteiger partial charge in [-0.05, 0) is 29.9 Å². The summed E-state index contributed by atoms with van der Waals surface area (Å²) in [5.74, 6) is 1.96. The number of aryl methyl sites for hydroxylation is 1. The van der Waals surface area contributed by atoms with E-state index in [4.69, 9.17) is 24.6 Å². The highest BCUT2D eigenvalue weighted by Gasteiger charge is 2.18. The Morgan fingerprint density at radius 1 is 1.26 bits per heavy atom. The zero-order valence-corrected chi connectivity index (χ0v) is 15.7. The molecule has 6 nitrogen and oxygen atoms in total. The Labute approximate surface area is 140 Å². The van der Waals surface area contributed by atoms with Crippen LogP contribution in [0.2, 0.25) is 0 Å². The molecule has 1 aromatic heterocycles. The number of furan rings is 1. The van der Waals surface area contributed by atoms with Crippen LogP contribution in [0.5, 0.6) is 0 Å². The molecule has 0 fully saturated rings. The van der Waals surface area contributed by atoms with Crippen molar-refractivity contribution < 1.29 is 19.3 Å². The summed E-state index contributed by atoms with van der Waals surface area (Å²) in [6.45, 7) is 10.9. The van der Waals surface area contributed by atoms with Crippen LogP contribution in [0.4, 0.5) is 0 Å². The van der Waals surface area contributed by atoms with Crippen molar-refractivity contribution in [1.82, 2.24) is 0 Å². The molecule has 1 heterocycles. The van der Waals surface area contributed by atoms with E-state index in [-0.39, 0.29) is 0 Å². The maximum atomic E-state index is 8.59. The molecule has 0 spiro atoms. The molecule has 0 aliphatic heterocycles. The molecule has 0 saturated carbocycles. The number of nitriles is 1. The van der Waals surface area contributed by atoms with Crippen LogP contribution >= 0.6 is 8.53 Å². The van der Waals surface area contributed by atoms with Crippen molar-refractivity contribution in [3.05, 3.63) is 23.2 Å². The summed E-state index contributed by atoms with van der Waals surface area (Å²) in [6.07, 6.45) is 4.07. The SMILES string of the molecule is CC(C)c1occ(CCC#N)c1C(C)C.CCCO.NP(O)O. The van der Waals surface area contributed by atoms with E-state index in [1.165, 1.54) is 11.1 Å². The van der Waals surface area contributed by atoms with E-state index in [0.29, 0.717) is 24.9 Å². The first-order chi connectivity index (χ1) is 10.7. The summed E-state index contributed by atoms with van der Waals surface area (Å²) in [4.78, 5) is 14.9. The van der Waals surface area contributed by atoms with Gasteiger partial charge in [0.25, 0.3) is 0 Å². The molecule has 0 aliphatic rings. The smallest absolute Gasteiger partial charge is 0.247 e. The largest absolute Gasteiger partial charge is 0.468 e. The third-order valence-electron chi connectivity index (χ3n) is 2.77. The van der Waals surface area contributed by atoms with Gasteiger partial charge in [-0.1, -0.05) is 34.6 Å². The van der Waals surface area contributed by atoms with Crippen molar-refractivity contribution in [2.45, 2.75) is 65.7 Å². The molecule has 0 saturated heterocycles. The lowest BCUT2D eigenvalue weighted by Crippen LogP contribution is -1.98. The number of aliphatic hydroxyl groups is 1. The van der Waals surface area contributed by atoms with Crippen LogP contribution in [0, 0.1) is 11.3 Å². The Balaban J connectivity index is 0. The third kappa shape index (κ3) is 12.2. The molecule has 0 unspecified atom stereocenters. The van der Waals surface area contributed by atoms with Gasteiger partial charge in [-0.3, -0.25) is 5.50 Å². The van der Waals surface area contributed by atoms with Gasteiger partial charge < -0.3 is 19.3 Å². The van der Waals surface area contributed by atoms with Gasteiger partial charge >= 0.3 is 0 Å². The van der Waals surface area contributed by atoms with Gasteiger partial charge in [-0.2, -0.15) is 5.26 Å². The van der Waals surface area contributed by atoms with Crippen LogP contribution in [0.15, 0.2) is 10.7 Å². The van der Waals surface area contributed by atoms with Crippen molar-refractivity contribution in [2.24, 2.45) is 5.50 Å². The number of nitrogens with zero attached hydrogens (tertiary/aromatic N) is 1. The summed E-state index contributed by atoms with van der Waals surface area (Å²) < 4.78 is 5.61. The average molecular weight is 346 g/mol. The Bertz CT molecular complexity index is 435. The number of hydrogen-bond acceptors (Lipinski definition) is 6. The summed E-state index contributed by atoms with van der Waals surface area (Å²) in [5.41, 5.74) is 6.80. The maximum absolute atomic E-state index is 8.59. The second-order valence-electron chi connectivity index (χ2n) is 5.55. The number of rotatable bonds is 5. The van der Waals surface area contributed by atoms with Crippen LogP contribution in [0.1, 0.15) is 76.2 Å². The van der Waals surface area contributed by atoms with Crippen molar-refractivity contribution in [3.8, 4) is 6.07 Å². The third-order valence-corrected chi connectivity index (χ3v) is 2.77. The lowest BCUT2D eigenvalue weighted by atomic mass is 9.93. The molecule has 5 N–H and O–H groups in total. The second kappa shape index (κ2) is 14.6. The van der Waals surface area contributed by atoms with Crippen LogP contribution in [-0.2, 0) is 6.42 Å². The average Bonchev–Trinajstić information content (AvgIpc) is 2.89. The van der Waals surface area contributed by atoms with Crippen LogP contribution in [0.3, 0.4) is 0 Å². The molecule has 0 amide bonds.